The van der Waals surface area contributed by atoms with E-state index >= 15 is 0 Å². The average molecular weight is 1130 g/mol. The second-order valence-electron chi connectivity index (χ2n) is 24.1. The molecule has 0 fully saturated rings. The average Bonchev–Trinajstić information content (AvgIpc) is 3.47. The molecular weight excluding hydrogens is 997 g/mol. The van der Waals surface area contributed by atoms with Crippen molar-refractivity contribution in [2.75, 3.05) is 13.2 Å². The summed E-state index contributed by atoms with van der Waals surface area (Å²) in [6.07, 6.45) is 89.7. The highest BCUT2D eigenvalue weighted by Crippen LogP contribution is 2.18. The molecule has 0 aromatic rings. The highest BCUT2D eigenvalue weighted by molar-refractivity contribution is 5.71. The Bertz CT molecular complexity index is 1440. The van der Waals surface area contributed by atoms with Crippen LogP contribution in [0.25, 0.3) is 0 Å². The van der Waals surface area contributed by atoms with E-state index in [1.54, 1.807) is 0 Å². The van der Waals surface area contributed by atoms with Crippen molar-refractivity contribution in [3.63, 3.8) is 0 Å². The van der Waals surface area contributed by atoms with Crippen LogP contribution in [0.15, 0.2) is 60.8 Å². The Labute approximate surface area is 504 Å². The monoisotopic (exact) mass is 1130 g/mol. The zero-order chi connectivity index (χ0) is 58.5. The fourth-order valence-corrected chi connectivity index (χ4v) is 10.6. The van der Waals surface area contributed by atoms with Crippen LogP contribution in [0.3, 0.4) is 0 Å². The second-order valence-corrected chi connectivity index (χ2v) is 24.1. The molecule has 6 nitrogen and oxygen atoms in total. The van der Waals surface area contributed by atoms with Gasteiger partial charge in [0.25, 0.3) is 0 Å². The number of carbonyl (C=O) groups is 3. The number of hydrogen-bond donors (Lipinski definition) is 0. The summed E-state index contributed by atoms with van der Waals surface area (Å²) in [5.41, 5.74) is 0. The molecule has 0 saturated carbocycles. The Morgan fingerprint density at radius 2 is 0.457 bits per heavy atom. The van der Waals surface area contributed by atoms with E-state index in [4.69, 9.17) is 14.2 Å². The third kappa shape index (κ3) is 67.8. The van der Waals surface area contributed by atoms with Crippen LogP contribution < -0.4 is 0 Å². The summed E-state index contributed by atoms with van der Waals surface area (Å²) in [5, 5.41) is 0. The zero-order valence-corrected chi connectivity index (χ0v) is 54.3. The highest BCUT2D eigenvalue weighted by Gasteiger charge is 2.19. The van der Waals surface area contributed by atoms with Crippen LogP contribution in [0.4, 0.5) is 0 Å². The molecule has 0 aliphatic heterocycles. The van der Waals surface area contributed by atoms with Gasteiger partial charge in [-0.15, -0.1) is 0 Å². The Morgan fingerprint density at radius 1 is 0.247 bits per heavy atom. The molecule has 472 valence electrons. The van der Waals surface area contributed by atoms with Gasteiger partial charge in [0.05, 0.1) is 0 Å². The standard InChI is InChI=1S/C75H136O6/c1-4-7-10-13-16-19-22-25-28-30-32-33-34-35-36-37-38-39-40-41-42-43-44-46-47-50-53-56-59-62-65-68-74(77)80-71-72(70-79-73(76)67-64-61-58-55-52-49-27-24-21-18-15-12-9-6-3)81-75(78)69-66-63-60-57-54-51-48-45-31-29-26-23-20-17-14-11-8-5-2/h15,18,22,24-25,27,30,32,34-35,72H,4-14,16-17,19-21,23,26,28-29,31,33,36-71H2,1-3H3/b18-15-,25-22-,27-24-,32-30-,35-34-. The second kappa shape index (κ2) is 69.6. The lowest BCUT2D eigenvalue weighted by molar-refractivity contribution is -0.167. The molecule has 0 N–H and O–H groups in total. The maximum absolute atomic E-state index is 12.9. The minimum absolute atomic E-state index is 0.0740. The van der Waals surface area contributed by atoms with E-state index < -0.39 is 6.10 Å². The van der Waals surface area contributed by atoms with Gasteiger partial charge < -0.3 is 14.2 Å². The normalized spacial score (nSPS) is 12.4. The summed E-state index contributed by atoms with van der Waals surface area (Å²) >= 11 is 0. The predicted octanol–water partition coefficient (Wildman–Crippen LogP) is 24.7. The summed E-state index contributed by atoms with van der Waals surface area (Å²) in [5.74, 6) is -0.864. The topological polar surface area (TPSA) is 78.9 Å². The molecule has 0 rings (SSSR count). The molecule has 6 heteroatoms. The summed E-state index contributed by atoms with van der Waals surface area (Å²) in [6, 6.07) is 0. The maximum atomic E-state index is 12.9. The van der Waals surface area contributed by atoms with Gasteiger partial charge in [0.1, 0.15) is 13.2 Å². The van der Waals surface area contributed by atoms with Crippen molar-refractivity contribution < 1.29 is 28.6 Å². The van der Waals surface area contributed by atoms with Crippen molar-refractivity contribution in [3.05, 3.63) is 60.8 Å². The Kier molecular flexibility index (Phi) is 67.1. The predicted molar refractivity (Wildman–Crippen MR) is 353 cm³/mol. The quantitative estimate of drug-likeness (QED) is 0.0261. The largest absolute Gasteiger partial charge is 0.462 e. The molecule has 0 amide bonds. The Balaban J connectivity index is 4.20. The first-order chi connectivity index (χ1) is 40.0. The van der Waals surface area contributed by atoms with Gasteiger partial charge in [0.2, 0.25) is 0 Å². The lowest BCUT2D eigenvalue weighted by atomic mass is 10.0. The first-order valence-corrected chi connectivity index (χ1v) is 35.8. The van der Waals surface area contributed by atoms with Crippen molar-refractivity contribution in [2.24, 2.45) is 0 Å². The Hall–Kier alpha value is -2.89. The highest BCUT2D eigenvalue weighted by atomic mass is 16.6. The smallest absolute Gasteiger partial charge is 0.306 e. The number of esters is 3. The van der Waals surface area contributed by atoms with Gasteiger partial charge in [-0.3, -0.25) is 14.4 Å². The van der Waals surface area contributed by atoms with Gasteiger partial charge in [0.15, 0.2) is 6.10 Å². The minimum atomic E-state index is -0.778. The fraction of sp³-hybridized carbons (Fsp3) is 0.827. The van der Waals surface area contributed by atoms with E-state index in [1.807, 2.05) is 0 Å². The molecule has 0 aromatic heterocycles. The van der Waals surface area contributed by atoms with E-state index in [0.717, 1.165) is 89.9 Å². The van der Waals surface area contributed by atoms with Crippen LogP contribution in [-0.4, -0.2) is 37.2 Å². The van der Waals surface area contributed by atoms with Gasteiger partial charge in [-0.05, 0) is 83.5 Å². The van der Waals surface area contributed by atoms with Crippen LogP contribution in [-0.2, 0) is 28.6 Å². The summed E-state index contributed by atoms with van der Waals surface area (Å²) in [7, 11) is 0. The lowest BCUT2D eigenvalue weighted by Crippen LogP contribution is -2.30. The Morgan fingerprint density at radius 3 is 0.728 bits per heavy atom. The molecule has 81 heavy (non-hydrogen) atoms. The molecule has 1 unspecified atom stereocenters. The number of unbranched alkanes of at least 4 members (excludes halogenated alkanes) is 45. The number of ether oxygens (including phenoxy) is 3. The van der Waals surface area contributed by atoms with E-state index in [-0.39, 0.29) is 31.1 Å². The van der Waals surface area contributed by atoms with Crippen LogP contribution in [0.1, 0.15) is 380 Å². The number of hydrogen-bond acceptors (Lipinski definition) is 6. The van der Waals surface area contributed by atoms with Crippen molar-refractivity contribution in [1.29, 1.82) is 0 Å². The van der Waals surface area contributed by atoms with Gasteiger partial charge >= 0.3 is 17.9 Å². The molecule has 0 heterocycles. The van der Waals surface area contributed by atoms with Gasteiger partial charge in [-0.2, -0.15) is 0 Å². The van der Waals surface area contributed by atoms with E-state index in [2.05, 4.69) is 81.5 Å². The van der Waals surface area contributed by atoms with Crippen LogP contribution in [0.2, 0.25) is 0 Å². The molecule has 0 bridgehead atoms. The molecule has 0 radical (unpaired) electrons. The molecule has 0 saturated heterocycles. The lowest BCUT2D eigenvalue weighted by Gasteiger charge is -2.18. The third-order valence-corrected chi connectivity index (χ3v) is 16.0. The van der Waals surface area contributed by atoms with Crippen molar-refractivity contribution in [3.8, 4) is 0 Å². The summed E-state index contributed by atoms with van der Waals surface area (Å²) in [4.78, 5) is 38.4. The molecule has 0 aliphatic carbocycles. The molecule has 1 atom stereocenters. The van der Waals surface area contributed by atoms with Crippen molar-refractivity contribution in [2.45, 2.75) is 386 Å². The van der Waals surface area contributed by atoms with Crippen LogP contribution in [0, 0.1) is 0 Å². The van der Waals surface area contributed by atoms with Gasteiger partial charge in [-0.25, -0.2) is 0 Å². The maximum Gasteiger partial charge on any atom is 0.306 e. The number of allylic oxidation sites excluding steroid dienone is 10. The first-order valence-electron chi connectivity index (χ1n) is 35.8. The summed E-state index contributed by atoms with van der Waals surface area (Å²) < 4.78 is 17.0. The number of rotatable bonds is 66. The number of carbonyl (C=O) groups excluding carboxylic acids is 3. The molecular formula is C75H136O6. The zero-order valence-electron chi connectivity index (χ0n) is 54.3. The van der Waals surface area contributed by atoms with Crippen molar-refractivity contribution in [1.82, 2.24) is 0 Å². The van der Waals surface area contributed by atoms with Gasteiger partial charge in [-0.1, -0.05) is 338 Å². The summed E-state index contributed by atoms with van der Waals surface area (Å²) in [6.45, 7) is 6.64. The van der Waals surface area contributed by atoms with E-state index in [0.29, 0.717) is 19.3 Å². The van der Waals surface area contributed by atoms with Crippen molar-refractivity contribution >= 4 is 17.9 Å². The SMILES string of the molecule is CCCC/C=C\C/C=C\CCCCCCCC(=O)OCC(COC(=O)CCCCCCCCCCCCCCCCCC/C=C\C/C=C\C/C=C\CCCCCCC)OC(=O)CCCCCCCCCCCCCCCCCCCC. The van der Waals surface area contributed by atoms with Crippen LogP contribution >= 0.6 is 0 Å². The molecule has 0 aliphatic rings. The molecule has 0 aromatic carbocycles. The third-order valence-electron chi connectivity index (χ3n) is 16.0. The molecule has 0 spiro atoms. The van der Waals surface area contributed by atoms with E-state index in [9.17, 15) is 14.4 Å². The first kappa shape index (κ1) is 78.1. The van der Waals surface area contributed by atoms with Gasteiger partial charge in [0, 0.05) is 19.3 Å². The minimum Gasteiger partial charge on any atom is -0.462 e. The fourth-order valence-electron chi connectivity index (χ4n) is 10.6. The van der Waals surface area contributed by atoms with Crippen LogP contribution in [0.5, 0.6) is 0 Å². The van der Waals surface area contributed by atoms with E-state index in [1.165, 1.54) is 250 Å².